The third-order valence-corrected chi connectivity index (χ3v) is 5.53. The highest BCUT2D eigenvalue weighted by Crippen LogP contribution is 2.31. The summed E-state index contributed by atoms with van der Waals surface area (Å²) in [5, 5.41) is 7.00. The second kappa shape index (κ2) is 8.45. The van der Waals surface area contributed by atoms with Crippen LogP contribution in [0.5, 0.6) is 5.75 Å². The average molecular weight is 359 g/mol. The van der Waals surface area contributed by atoms with E-state index in [1.807, 2.05) is 31.2 Å². The Bertz CT molecular complexity index is 706. The van der Waals surface area contributed by atoms with Crippen LogP contribution in [0, 0.1) is 12.8 Å². The molecule has 6 heteroatoms. The molecule has 0 spiro atoms. The lowest BCUT2D eigenvalue weighted by Gasteiger charge is -2.21. The van der Waals surface area contributed by atoms with E-state index in [1.54, 1.807) is 7.11 Å². The molecule has 2 heterocycles. The maximum Gasteiger partial charge on any atom is 0.226 e. The molecule has 0 radical (unpaired) electrons. The van der Waals surface area contributed by atoms with E-state index in [0.29, 0.717) is 17.5 Å². The van der Waals surface area contributed by atoms with Crippen LogP contribution in [-0.2, 0) is 4.79 Å². The number of hydrogen-bond donors (Lipinski definition) is 2. The van der Waals surface area contributed by atoms with Crippen molar-refractivity contribution >= 4 is 22.4 Å². The Hall–Kier alpha value is -1.92. The molecule has 2 N–H and O–H groups in total. The number of nitrogens with one attached hydrogen (secondary N) is 2. The van der Waals surface area contributed by atoms with Gasteiger partial charge in [0, 0.05) is 16.9 Å². The summed E-state index contributed by atoms with van der Waals surface area (Å²) in [6.07, 6.45) is 3.88. The largest absolute Gasteiger partial charge is 0.497 e. The standard InChI is InChI=1S/C19H25N3O2S/c1-13-18(15-4-6-16(24-2)7-5-15)22-19(25-13)21-17(23)8-3-14-9-11-20-12-10-14/h4-7,14,20H,3,8-12H2,1-2H3,(H,21,22,23). The maximum absolute atomic E-state index is 12.2. The van der Waals surface area contributed by atoms with Gasteiger partial charge in [-0.25, -0.2) is 4.98 Å². The van der Waals surface area contributed by atoms with Crippen LogP contribution in [0.2, 0.25) is 0 Å². The van der Waals surface area contributed by atoms with E-state index in [0.717, 1.165) is 41.4 Å². The molecule has 1 fully saturated rings. The molecule has 5 nitrogen and oxygen atoms in total. The molecule has 1 aliphatic rings. The van der Waals surface area contributed by atoms with Crippen LogP contribution in [0.15, 0.2) is 24.3 Å². The lowest BCUT2D eigenvalue weighted by atomic mass is 9.93. The predicted octanol–water partition coefficient (Wildman–Crippen LogP) is 3.85. The fourth-order valence-electron chi connectivity index (χ4n) is 3.15. The molecule has 25 heavy (non-hydrogen) atoms. The van der Waals surface area contributed by atoms with Crippen LogP contribution in [0.3, 0.4) is 0 Å². The molecular weight excluding hydrogens is 334 g/mol. The van der Waals surface area contributed by atoms with Crippen LogP contribution >= 0.6 is 11.3 Å². The van der Waals surface area contributed by atoms with Crippen molar-refractivity contribution in [1.29, 1.82) is 0 Å². The molecule has 0 aliphatic carbocycles. The summed E-state index contributed by atoms with van der Waals surface area (Å²) in [6, 6.07) is 7.82. The number of thiazole rings is 1. The maximum atomic E-state index is 12.2. The number of ether oxygens (including phenoxy) is 1. The lowest BCUT2D eigenvalue weighted by molar-refractivity contribution is -0.116. The number of hydrogen-bond acceptors (Lipinski definition) is 5. The van der Waals surface area contributed by atoms with Gasteiger partial charge in [0.1, 0.15) is 5.75 Å². The first kappa shape index (κ1) is 17.9. The van der Waals surface area contributed by atoms with E-state index in [-0.39, 0.29) is 5.91 Å². The van der Waals surface area contributed by atoms with Gasteiger partial charge in [0.05, 0.1) is 12.8 Å². The van der Waals surface area contributed by atoms with Gasteiger partial charge in [0.2, 0.25) is 5.91 Å². The number of aromatic nitrogens is 1. The molecular formula is C19H25N3O2S. The molecule has 1 amide bonds. The van der Waals surface area contributed by atoms with Crippen molar-refractivity contribution in [3.05, 3.63) is 29.1 Å². The van der Waals surface area contributed by atoms with Crippen molar-refractivity contribution in [3.8, 4) is 17.0 Å². The van der Waals surface area contributed by atoms with E-state index in [1.165, 1.54) is 24.2 Å². The van der Waals surface area contributed by atoms with Crippen LogP contribution in [0.1, 0.15) is 30.6 Å². The molecule has 3 rings (SSSR count). The normalized spacial score (nSPS) is 15.1. The molecule has 1 saturated heterocycles. The molecule has 1 aromatic heterocycles. The van der Waals surface area contributed by atoms with Gasteiger partial charge >= 0.3 is 0 Å². The van der Waals surface area contributed by atoms with Crippen LogP contribution < -0.4 is 15.4 Å². The zero-order valence-electron chi connectivity index (χ0n) is 14.8. The quantitative estimate of drug-likeness (QED) is 0.822. The smallest absolute Gasteiger partial charge is 0.226 e. The molecule has 2 aromatic rings. The van der Waals surface area contributed by atoms with E-state index in [2.05, 4.69) is 15.6 Å². The van der Waals surface area contributed by atoms with Gasteiger partial charge in [-0.05, 0) is 69.5 Å². The van der Waals surface area contributed by atoms with Crippen molar-refractivity contribution in [2.75, 3.05) is 25.5 Å². The third-order valence-electron chi connectivity index (χ3n) is 4.64. The lowest BCUT2D eigenvalue weighted by Crippen LogP contribution is -2.28. The average Bonchev–Trinajstić information content (AvgIpc) is 3.01. The van der Waals surface area contributed by atoms with Gasteiger partial charge in [-0.15, -0.1) is 11.3 Å². The monoisotopic (exact) mass is 359 g/mol. The third kappa shape index (κ3) is 4.80. The number of rotatable bonds is 6. The number of nitrogens with zero attached hydrogens (tertiary/aromatic N) is 1. The van der Waals surface area contributed by atoms with E-state index < -0.39 is 0 Å². The number of carbonyl (C=O) groups excluding carboxylic acids is 1. The number of piperidine rings is 1. The van der Waals surface area contributed by atoms with Gasteiger partial charge in [0.25, 0.3) is 0 Å². The van der Waals surface area contributed by atoms with E-state index >= 15 is 0 Å². The highest BCUT2D eigenvalue weighted by Gasteiger charge is 2.16. The number of anilines is 1. The summed E-state index contributed by atoms with van der Waals surface area (Å²) < 4.78 is 5.19. The number of aryl methyl sites for hydroxylation is 1. The summed E-state index contributed by atoms with van der Waals surface area (Å²) in [5.41, 5.74) is 1.95. The zero-order valence-corrected chi connectivity index (χ0v) is 15.6. The van der Waals surface area contributed by atoms with Gasteiger partial charge in [0.15, 0.2) is 5.13 Å². The topological polar surface area (TPSA) is 63.2 Å². The van der Waals surface area contributed by atoms with Crippen molar-refractivity contribution in [3.63, 3.8) is 0 Å². The summed E-state index contributed by atoms with van der Waals surface area (Å²) in [7, 11) is 1.65. The van der Waals surface area contributed by atoms with E-state index in [9.17, 15) is 4.79 Å². The molecule has 1 aliphatic heterocycles. The number of methoxy groups -OCH3 is 1. The minimum Gasteiger partial charge on any atom is -0.497 e. The Morgan fingerprint density at radius 3 is 2.72 bits per heavy atom. The Balaban J connectivity index is 1.58. The van der Waals surface area contributed by atoms with Crippen molar-refractivity contribution in [1.82, 2.24) is 10.3 Å². The Labute approximate surface area is 152 Å². The van der Waals surface area contributed by atoms with Crippen molar-refractivity contribution < 1.29 is 9.53 Å². The van der Waals surface area contributed by atoms with E-state index in [4.69, 9.17) is 4.74 Å². The molecule has 134 valence electrons. The van der Waals surface area contributed by atoms with Gasteiger partial charge in [-0.1, -0.05) is 0 Å². The SMILES string of the molecule is COc1ccc(-c2nc(NC(=O)CCC3CCNCC3)sc2C)cc1. The minimum absolute atomic E-state index is 0.0635. The van der Waals surface area contributed by atoms with Crippen molar-refractivity contribution in [2.24, 2.45) is 5.92 Å². The predicted molar refractivity (Wildman–Crippen MR) is 102 cm³/mol. The van der Waals surface area contributed by atoms with Gasteiger partial charge in [-0.2, -0.15) is 0 Å². The second-order valence-corrected chi connectivity index (χ2v) is 7.64. The van der Waals surface area contributed by atoms with Gasteiger partial charge < -0.3 is 15.4 Å². The summed E-state index contributed by atoms with van der Waals surface area (Å²) in [6.45, 7) is 4.17. The molecule has 0 bridgehead atoms. The highest BCUT2D eigenvalue weighted by atomic mass is 32.1. The first-order chi connectivity index (χ1) is 12.2. The highest BCUT2D eigenvalue weighted by molar-refractivity contribution is 7.16. The molecule has 0 atom stereocenters. The molecule has 1 aromatic carbocycles. The Kier molecular flexibility index (Phi) is 6.04. The molecule has 0 saturated carbocycles. The second-order valence-electron chi connectivity index (χ2n) is 6.43. The minimum atomic E-state index is 0.0635. The molecule has 0 unspecified atom stereocenters. The number of carbonyl (C=O) groups is 1. The van der Waals surface area contributed by atoms with Crippen LogP contribution in [0.25, 0.3) is 11.3 Å². The first-order valence-electron chi connectivity index (χ1n) is 8.78. The Morgan fingerprint density at radius 2 is 2.04 bits per heavy atom. The van der Waals surface area contributed by atoms with Crippen molar-refractivity contribution in [2.45, 2.75) is 32.6 Å². The summed E-state index contributed by atoms with van der Waals surface area (Å²) in [4.78, 5) is 17.9. The number of benzene rings is 1. The van der Waals surface area contributed by atoms with Crippen LogP contribution in [0.4, 0.5) is 5.13 Å². The summed E-state index contributed by atoms with van der Waals surface area (Å²) in [5.74, 6) is 1.55. The summed E-state index contributed by atoms with van der Waals surface area (Å²) >= 11 is 1.52. The number of amides is 1. The first-order valence-corrected chi connectivity index (χ1v) is 9.60. The zero-order chi connectivity index (χ0) is 17.6. The Morgan fingerprint density at radius 1 is 1.32 bits per heavy atom. The fourth-order valence-corrected chi connectivity index (χ4v) is 4.01. The van der Waals surface area contributed by atoms with Gasteiger partial charge in [-0.3, -0.25) is 4.79 Å². The van der Waals surface area contributed by atoms with Crippen LogP contribution in [-0.4, -0.2) is 31.1 Å². The fraction of sp³-hybridized carbons (Fsp3) is 0.474.